The SMILES string of the molecule is CC(C)(C)C1(CF)CC1. The lowest BCUT2D eigenvalue weighted by Crippen LogP contribution is -2.23. The van der Waals surface area contributed by atoms with Gasteiger partial charge in [-0.2, -0.15) is 0 Å². The van der Waals surface area contributed by atoms with E-state index in [0.29, 0.717) is 0 Å². The molecule has 1 fully saturated rings. The summed E-state index contributed by atoms with van der Waals surface area (Å²) in [4.78, 5) is 0. The Balaban J connectivity index is 2.60. The highest BCUT2D eigenvalue weighted by Gasteiger charge is 2.51. The van der Waals surface area contributed by atoms with Crippen LogP contribution in [0.2, 0.25) is 0 Å². The fourth-order valence-corrected chi connectivity index (χ4v) is 1.23. The van der Waals surface area contributed by atoms with Crippen molar-refractivity contribution in [3.05, 3.63) is 0 Å². The minimum absolute atomic E-state index is 0.0625. The van der Waals surface area contributed by atoms with E-state index in [9.17, 15) is 4.39 Å². The maximum absolute atomic E-state index is 12.3. The second-order valence-corrected chi connectivity index (χ2v) is 4.16. The molecule has 0 bridgehead atoms. The van der Waals surface area contributed by atoms with Crippen molar-refractivity contribution in [2.75, 3.05) is 6.67 Å². The van der Waals surface area contributed by atoms with Gasteiger partial charge < -0.3 is 0 Å². The zero-order valence-corrected chi connectivity index (χ0v) is 6.50. The molecule has 0 aromatic heterocycles. The van der Waals surface area contributed by atoms with Gasteiger partial charge >= 0.3 is 0 Å². The predicted molar refractivity (Wildman–Crippen MR) is 37.1 cm³/mol. The van der Waals surface area contributed by atoms with Crippen molar-refractivity contribution < 1.29 is 4.39 Å². The van der Waals surface area contributed by atoms with Crippen LogP contribution in [-0.4, -0.2) is 6.67 Å². The molecule has 9 heavy (non-hydrogen) atoms. The Morgan fingerprint density at radius 1 is 1.33 bits per heavy atom. The highest BCUT2D eigenvalue weighted by Crippen LogP contribution is 2.58. The molecule has 54 valence electrons. The van der Waals surface area contributed by atoms with Gasteiger partial charge in [-0.1, -0.05) is 20.8 Å². The molecule has 0 atom stereocenters. The third-order valence-corrected chi connectivity index (χ3v) is 2.70. The predicted octanol–water partition coefficient (Wildman–Crippen LogP) is 2.78. The summed E-state index contributed by atoms with van der Waals surface area (Å²) in [6.45, 7) is 6.25. The number of hydrogen-bond acceptors (Lipinski definition) is 0. The van der Waals surface area contributed by atoms with Crippen molar-refractivity contribution in [3.63, 3.8) is 0 Å². The summed E-state index contributed by atoms with van der Waals surface area (Å²) < 4.78 is 12.3. The number of rotatable bonds is 1. The summed E-state index contributed by atoms with van der Waals surface area (Å²) in [5.41, 5.74) is 0.245. The van der Waals surface area contributed by atoms with Crippen molar-refractivity contribution in [1.82, 2.24) is 0 Å². The Morgan fingerprint density at radius 2 is 1.78 bits per heavy atom. The van der Waals surface area contributed by atoms with E-state index in [4.69, 9.17) is 0 Å². The molecule has 0 radical (unpaired) electrons. The fraction of sp³-hybridized carbons (Fsp3) is 1.00. The largest absolute Gasteiger partial charge is 0.250 e. The molecule has 0 unspecified atom stereocenters. The molecule has 0 saturated heterocycles. The van der Waals surface area contributed by atoms with Crippen LogP contribution in [0.1, 0.15) is 33.6 Å². The Labute approximate surface area is 56.5 Å². The quantitative estimate of drug-likeness (QED) is 0.512. The van der Waals surface area contributed by atoms with E-state index in [1.54, 1.807) is 0 Å². The van der Waals surface area contributed by atoms with Crippen LogP contribution in [0.4, 0.5) is 4.39 Å². The van der Waals surface area contributed by atoms with E-state index in [2.05, 4.69) is 20.8 Å². The molecule has 0 nitrogen and oxygen atoms in total. The maximum Gasteiger partial charge on any atom is 0.0955 e. The first kappa shape index (κ1) is 7.04. The Morgan fingerprint density at radius 3 is 1.78 bits per heavy atom. The van der Waals surface area contributed by atoms with E-state index >= 15 is 0 Å². The van der Waals surface area contributed by atoms with Crippen molar-refractivity contribution in [2.45, 2.75) is 33.6 Å². The van der Waals surface area contributed by atoms with Gasteiger partial charge in [0.1, 0.15) is 0 Å². The Kier molecular flexibility index (Phi) is 1.34. The van der Waals surface area contributed by atoms with Crippen LogP contribution in [0.25, 0.3) is 0 Å². The molecular weight excluding hydrogens is 115 g/mol. The topological polar surface area (TPSA) is 0 Å². The summed E-state index contributed by atoms with van der Waals surface area (Å²) >= 11 is 0. The van der Waals surface area contributed by atoms with E-state index in [1.165, 1.54) is 0 Å². The zero-order chi connectivity index (χ0) is 7.12. The van der Waals surface area contributed by atoms with E-state index in [0.717, 1.165) is 12.8 Å². The fourth-order valence-electron chi connectivity index (χ4n) is 1.23. The molecule has 0 N–H and O–H groups in total. The molecule has 1 rings (SSSR count). The standard InChI is InChI=1S/C8H15F/c1-7(2,3)8(6-9)4-5-8/h4-6H2,1-3H3. The lowest BCUT2D eigenvalue weighted by Gasteiger charge is -2.27. The average Bonchev–Trinajstić information content (AvgIpc) is 2.40. The summed E-state index contributed by atoms with van der Waals surface area (Å²) in [5.74, 6) is 0. The molecule has 0 aromatic rings. The summed E-state index contributed by atoms with van der Waals surface area (Å²) in [7, 11) is 0. The second-order valence-electron chi connectivity index (χ2n) is 4.16. The smallest absolute Gasteiger partial charge is 0.0955 e. The third kappa shape index (κ3) is 0.973. The lowest BCUT2D eigenvalue weighted by atomic mass is 9.78. The first-order chi connectivity index (χ1) is 4.02. The average molecular weight is 130 g/mol. The molecular formula is C8H15F. The van der Waals surface area contributed by atoms with Gasteiger partial charge in [-0.05, 0) is 18.3 Å². The van der Waals surface area contributed by atoms with Gasteiger partial charge in [-0.15, -0.1) is 0 Å². The molecule has 1 saturated carbocycles. The van der Waals surface area contributed by atoms with Crippen LogP contribution < -0.4 is 0 Å². The van der Waals surface area contributed by atoms with Gasteiger partial charge in [0, 0.05) is 5.41 Å². The van der Waals surface area contributed by atoms with Crippen LogP contribution in [0.5, 0.6) is 0 Å². The lowest BCUT2D eigenvalue weighted by molar-refractivity contribution is 0.166. The van der Waals surface area contributed by atoms with Gasteiger partial charge in [0.25, 0.3) is 0 Å². The van der Waals surface area contributed by atoms with Crippen LogP contribution in [0, 0.1) is 10.8 Å². The molecule has 0 heterocycles. The van der Waals surface area contributed by atoms with Crippen molar-refractivity contribution in [3.8, 4) is 0 Å². The van der Waals surface area contributed by atoms with Crippen LogP contribution >= 0.6 is 0 Å². The first-order valence-corrected chi connectivity index (χ1v) is 3.58. The minimum atomic E-state index is -0.128. The molecule has 1 aliphatic rings. The monoisotopic (exact) mass is 130 g/mol. The highest BCUT2D eigenvalue weighted by molar-refractivity contribution is 5.00. The van der Waals surface area contributed by atoms with E-state index in [-0.39, 0.29) is 17.5 Å². The third-order valence-electron chi connectivity index (χ3n) is 2.70. The molecule has 0 aromatic carbocycles. The van der Waals surface area contributed by atoms with Gasteiger partial charge in [0.05, 0.1) is 6.67 Å². The number of hydrogen-bond donors (Lipinski definition) is 0. The van der Waals surface area contributed by atoms with Crippen LogP contribution in [0.15, 0.2) is 0 Å². The van der Waals surface area contributed by atoms with Crippen molar-refractivity contribution in [2.24, 2.45) is 10.8 Å². The van der Waals surface area contributed by atoms with Gasteiger partial charge in [0.2, 0.25) is 0 Å². The van der Waals surface area contributed by atoms with Crippen molar-refractivity contribution in [1.29, 1.82) is 0 Å². The number of halogens is 1. The maximum atomic E-state index is 12.3. The first-order valence-electron chi connectivity index (χ1n) is 3.58. The van der Waals surface area contributed by atoms with Gasteiger partial charge in [-0.25, -0.2) is 0 Å². The molecule has 1 heteroatoms. The van der Waals surface area contributed by atoms with Crippen LogP contribution in [-0.2, 0) is 0 Å². The van der Waals surface area contributed by atoms with Gasteiger partial charge in [0.15, 0.2) is 0 Å². The van der Waals surface area contributed by atoms with Crippen LogP contribution in [0.3, 0.4) is 0 Å². The van der Waals surface area contributed by atoms with E-state index < -0.39 is 0 Å². The van der Waals surface area contributed by atoms with Gasteiger partial charge in [-0.3, -0.25) is 4.39 Å². The molecule has 0 spiro atoms. The Hall–Kier alpha value is -0.0700. The molecule has 0 amide bonds. The molecule has 1 aliphatic carbocycles. The van der Waals surface area contributed by atoms with Crippen molar-refractivity contribution >= 4 is 0 Å². The summed E-state index contributed by atoms with van der Waals surface area (Å²) in [6.07, 6.45) is 2.18. The highest BCUT2D eigenvalue weighted by atomic mass is 19.1. The second kappa shape index (κ2) is 1.71. The number of alkyl halides is 1. The minimum Gasteiger partial charge on any atom is -0.250 e. The summed E-state index contributed by atoms with van der Waals surface area (Å²) in [5, 5.41) is 0. The summed E-state index contributed by atoms with van der Waals surface area (Å²) in [6, 6.07) is 0. The Bertz CT molecular complexity index is 106. The molecule has 0 aliphatic heterocycles. The van der Waals surface area contributed by atoms with E-state index in [1.807, 2.05) is 0 Å². The zero-order valence-electron chi connectivity index (χ0n) is 6.50. The normalized spacial score (nSPS) is 24.0.